The van der Waals surface area contributed by atoms with Gasteiger partial charge in [0.05, 0.1) is 22.7 Å². The number of pyridine rings is 2. The van der Waals surface area contributed by atoms with Gasteiger partial charge in [0.2, 0.25) is 0 Å². The van der Waals surface area contributed by atoms with Crippen molar-refractivity contribution in [1.29, 1.82) is 5.26 Å². The Kier molecular flexibility index (Phi) is 5.95. The van der Waals surface area contributed by atoms with Gasteiger partial charge in [0, 0.05) is 49.2 Å². The fraction of sp³-hybridized carbons (Fsp3) is 0.280. The molecule has 0 bridgehead atoms. The maximum Gasteiger partial charge on any atom is 0.256 e. The molecule has 162 valence electrons. The third-order valence-electron chi connectivity index (χ3n) is 6.37. The zero-order chi connectivity index (χ0) is 22.7. The lowest BCUT2D eigenvalue weighted by Crippen LogP contribution is -2.44. The molecule has 4 rings (SSSR count). The zero-order valence-corrected chi connectivity index (χ0v) is 17.6. The summed E-state index contributed by atoms with van der Waals surface area (Å²) in [5.74, 6) is -1.85. The van der Waals surface area contributed by atoms with Crippen molar-refractivity contribution in [2.45, 2.75) is 25.7 Å². The van der Waals surface area contributed by atoms with Crippen LogP contribution >= 0.6 is 0 Å². The summed E-state index contributed by atoms with van der Waals surface area (Å²) < 4.78 is 27.5. The van der Waals surface area contributed by atoms with Gasteiger partial charge in [0.1, 0.15) is 11.6 Å². The second kappa shape index (κ2) is 8.83. The fourth-order valence-corrected chi connectivity index (χ4v) is 4.38. The van der Waals surface area contributed by atoms with E-state index >= 15 is 0 Å². The quantitative estimate of drug-likeness (QED) is 0.584. The van der Waals surface area contributed by atoms with Crippen LogP contribution in [0.4, 0.5) is 8.78 Å². The molecule has 1 amide bonds. The molecule has 2 aromatic heterocycles. The standard InChI is InChI=1S/C25H22F2N4O/c1-17(19-13-20(26)15-21(27)14-19)25(16-28)6-11-31(12-7-25)24(32)22-3-2-8-30-23(22)18-4-9-29-10-5-18/h2-5,8-10,13-15,17H,6-7,11-12H2,1H3/t17-/m1/s1. The molecule has 1 aromatic carbocycles. The molecule has 0 unspecified atom stereocenters. The van der Waals surface area contributed by atoms with Crippen LogP contribution in [0.25, 0.3) is 11.3 Å². The first-order valence-corrected chi connectivity index (χ1v) is 10.5. The average Bonchev–Trinajstić information content (AvgIpc) is 2.83. The van der Waals surface area contributed by atoms with Crippen LogP contribution in [0.5, 0.6) is 0 Å². The zero-order valence-electron chi connectivity index (χ0n) is 17.6. The van der Waals surface area contributed by atoms with Crippen LogP contribution in [0.2, 0.25) is 0 Å². The number of nitrogens with zero attached hydrogens (tertiary/aromatic N) is 4. The van der Waals surface area contributed by atoms with Crippen LogP contribution in [0.3, 0.4) is 0 Å². The molecule has 0 saturated carbocycles. The Hall–Kier alpha value is -3.66. The summed E-state index contributed by atoms with van der Waals surface area (Å²) in [4.78, 5) is 23.4. The van der Waals surface area contributed by atoms with Gasteiger partial charge in [-0.05, 0) is 54.8 Å². The van der Waals surface area contributed by atoms with Crippen molar-refractivity contribution in [2.24, 2.45) is 5.41 Å². The van der Waals surface area contributed by atoms with E-state index in [4.69, 9.17) is 0 Å². The molecular weight excluding hydrogens is 410 g/mol. The van der Waals surface area contributed by atoms with E-state index in [1.165, 1.54) is 12.1 Å². The Bertz CT molecular complexity index is 1150. The number of hydrogen-bond donors (Lipinski definition) is 0. The molecule has 0 N–H and O–H groups in total. The third kappa shape index (κ3) is 4.09. The maximum absolute atomic E-state index is 13.7. The molecule has 0 radical (unpaired) electrons. The second-order valence-corrected chi connectivity index (χ2v) is 8.12. The van der Waals surface area contributed by atoms with E-state index in [0.717, 1.165) is 11.6 Å². The predicted molar refractivity (Wildman–Crippen MR) is 115 cm³/mol. The predicted octanol–water partition coefficient (Wildman–Crippen LogP) is 4.97. The highest BCUT2D eigenvalue weighted by atomic mass is 19.1. The Balaban J connectivity index is 1.55. The monoisotopic (exact) mass is 432 g/mol. The molecule has 0 aliphatic carbocycles. The minimum Gasteiger partial charge on any atom is -0.338 e. The van der Waals surface area contributed by atoms with E-state index in [1.807, 2.05) is 6.92 Å². The van der Waals surface area contributed by atoms with Gasteiger partial charge in [-0.25, -0.2) is 8.78 Å². The fourth-order valence-electron chi connectivity index (χ4n) is 4.38. The summed E-state index contributed by atoms with van der Waals surface area (Å²) in [6.07, 6.45) is 5.77. The van der Waals surface area contributed by atoms with Gasteiger partial charge >= 0.3 is 0 Å². The van der Waals surface area contributed by atoms with Crippen LogP contribution in [0.1, 0.15) is 41.6 Å². The molecule has 1 aliphatic rings. The van der Waals surface area contributed by atoms with E-state index in [0.29, 0.717) is 42.8 Å². The van der Waals surface area contributed by atoms with Crippen molar-refractivity contribution in [3.63, 3.8) is 0 Å². The van der Waals surface area contributed by atoms with Gasteiger partial charge in [0.25, 0.3) is 5.91 Å². The van der Waals surface area contributed by atoms with Crippen LogP contribution in [0, 0.1) is 28.4 Å². The molecule has 32 heavy (non-hydrogen) atoms. The smallest absolute Gasteiger partial charge is 0.256 e. The summed E-state index contributed by atoms with van der Waals surface area (Å²) in [5.41, 5.74) is 1.52. The summed E-state index contributed by atoms with van der Waals surface area (Å²) in [6.45, 7) is 2.57. The number of likely N-dealkylation sites (tertiary alicyclic amines) is 1. The highest BCUT2D eigenvalue weighted by Gasteiger charge is 2.42. The number of carbonyl (C=O) groups is 1. The van der Waals surface area contributed by atoms with Gasteiger partial charge in [0.15, 0.2) is 0 Å². The topological polar surface area (TPSA) is 69.9 Å². The Morgan fingerprint density at radius 1 is 1.09 bits per heavy atom. The first-order valence-electron chi connectivity index (χ1n) is 10.5. The van der Waals surface area contributed by atoms with E-state index in [1.54, 1.807) is 47.8 Å². The van der Waals surface area contributed by atoms with Crippen molar-refractivity contribution in [3.8, 4) is 17.3 Å². The molecule has 3 heterocycles. The number of carbonyl (C=O) groups excluding carboxylic acids is 1. The molecular formula is C25H22F2N4O. The number of rotatable bonds is 4. The third-order valence-corrected chi connectivity index (χ3v) is 6.37. The molecule has 0 spiro atoms. The van der Waals surface area contributed by atoms with Crippen molar-refractivity contribution in [2.75, 3.05) is 13.1 Å². The van der Waals surface area contributed by atoms with E-state index in [9.17, 15) is 18.8 Å². The molecule has 1 aliphatic heterocycles. The largest absolute Gasteiger partial charge is 0.338 e. The van der Waals surface area contributed by atoms with Gasteiger partial charge in [-0.2, -0.15) is 5.26 Å². The maximum atomic E-state index is 13.7. The first-order chi connectivity index (χ1) is 15.4. The summed E-state index contributed by atoms with van der Waals surface area (Å²) in [7, 11) is 0. The van der Waals surface area contributed by atoms with E-state index in [2.05, 4.69) is 16.0 Å². The lowest BCUT2D eigenvalue weighted by atomic mass is 9.68. The molecule has 1 atom stereocenters. The SMILES string of the molecule is C[C@H](c1cc(F)cc(F)c1)C1(C#N)CCN(C(=O)c2cccnc2-c2ccncc2)CC1. The van der Waals surface area contributed by atoms with Gasteiger partial charge in [-0.1, -0.05) is 6.92 Å². The summed E-state index contributed by atoms with van der Waals surface area (Å²) >= 11 is 0. The van der Waals surface area contributed by atoms with Crippen molar-refractivity contribution >= 4 is 5.91 Å². The lowest BCUT2D eigenvalue weighted by molar-refractivity contribution is 0.0623. The number of nitriles is 1. The minimum atomic E-state index is -0.806. The molecule has 1 fully saturated rings. The van der Waals surface area contributed by atoms with Gasteiger partial charge in [-0.15, -0.1) is 0 Å². The van der Waals surface area contributed by atoms with Gasteiger partial charge < -0.3 is 4.90 Å². The number of benzene rings is 1. The Morgan fingerprint density at radius 2 is 1.75 bits per heavy atom. The summed E-state index contributed by atoms with van der Waals surface area (Å²) in [6, 6.07) is 12.8. The highest BCUT2D eigenvalue weighted by Crippen LogP contribution is 2.44. The molecule has 5 nitrogen and oxygen atoms in total. The van der Waals surface area contributed by atoms with Crippen LogP contribution in [-0.2, 0) is 0 Å². The first kappa shape index (κ1) is 21.6. The molecule has 1 saturated heterocycles. The number of aromatic nitrogens is 2. The Labute approximate surface area is 185 Å². The van der Waals surface area contributed by atoms with Crippen molar-refractivity contribution in [1.82, 2.24) is 14.9 Å². The molecule has 3 aromatic rings. The van der Waals surface area contributed by atoms with Crippen molar-refractivity contribution in [3.05, 3.63) is 83.8 Å². The van der Waals surface area contributed by atoms with E-state index < -0.39 is 17.0 Å². The van der Waals surface area contributed by atoms with Crippen LogP contribution < -0.4 is 0 Å². The number of hydrogen-bond acceptors (Lipinski definition) is 4. The average molecular weight is 432 g/mol. The Morgan fingerprint density at radius 3 is 2.38 bits per heavy atom. The number of piperidine rings is 1. The lowest BCUT2D eigenvalue weighted by Gasteiger charge is -2.41. The summed E-state index contributed by atoms with van der Waals surface area (Å²) in [5, 5.41) is 9.99. The second-order valence-electron chi connectivity index (χ2n) is 8.12. The van der Waals surface area contributed by atoms with Gasteiger partial charge in [-0.3, -0.25) is 14.8 Å². The number of amides is 1. The van der Waals surface area contributed by atoms with E-state index in [-0.39, 0.29) is 11.8 Å². The van der Waals surface area contributed by atoms with Crippen molar-refractivity contribution < 1.29 is 13.6 Å². The minimum absolute atomic E-state index is 0.152. The molecule has 7 heteroatoms. The van der Waals surface area contributed by atoms with Crippen LogP contribution in [-0.4, -0.2) is 33.9 Å². The number of halogens is 2. The normalized spacial score (nSPS) is 16.2. The van der Waals surface area contributed by atoms with Crippen LogP contribution in [0.15, 0.2) is 61.1 Å². The highest BCUT2D eigenvalue weighted by molar-refractivity contribution is 5.99.